The first-order valence-electron chi connectivity index (χ1n) is 6.35. The molecule has 0 heterocycles. The summed E-state index contributed by atoms with van der Waals surface area (Å²) in [6.45, 7) is 1.77. The van der Waals surface area contributed by atoms with Gasteiger partial charge in [-0.25, -0.2) is 4.39 Å². The molecule has 4 heteroatoms. The smallest absolute Gasteiger partial charge is 0.252 e. The van der Waals surface area contributed by atoms with Gasteiger partial charge >= 0.3 is 0 Å². The Balaban J connectivity index is 2.16. The zero-order valence-corrected chi connectivity index (χ0v) is 10.7. The average molecular weight is 261 g/mol. The summed E-state index contributed by atoms with van der Waals surface area (Å²) in [4.78, 5) is 12.1. The SMILES string of the molecule is CCC1CC1NC(=O)c1ccc(F)cc1C#CCO. The maximum absolute atomic E-state index is 13.2. The largest absolute Gasteiger partial charge is 0.384 e. The summed E-state index contributed by atoms with van der Waals surface area (Å²) in [7, 11) is 0. The van der Waals surface area contributed by atoms with Crippen molar-refractivity contribution >= 4 is 5.91 Å². The second-order valence-electron chi connectivity index (χ2n) is 4.63. The summed E-state index contributed by atoms with van der Waals surface area (Å²) in [5, 5.41) is 11.6. The van der Waals surface area contributed by atoms with E-state index in [1.807, 2.05) is 0 Å². The van der Waals surface area contributed by atoms with E-state index in [-0.39, 0.29) is 18.6 Å². The second kappa shape index (κ2) is 5.85. The number of carbonyl (C=O) groups excluding carboxylic acids is 1. The fourth-order valence-corrected chi connectivity index (χ4v) is 2.07. The molecule has 2 atom stereocenters. The third kappa shape index (κ3) is 3.33. The quantitative estimate of drug-likeness (QED) is 0.814. The Morgan fingerprint density at radius 3 is 3.00 bits per heavy atom. The van der Waals surface area contributed by atoms with Gasteiger partial charge < -0.3 is 10.4 Å². The number of aliphatic hydroxyl groups is 1. The second-order valence-corrected chi connectivity index (χ2v) is 4.63. The van der Waals surface area contributed by atoms with E-state index in [0.29, 0.717) is 17.0 Å². The molecule has 2 N–H and O–H groups in total. The topological polar surface area (TPSA) is 49.3 Å². The average Bonchev–Trinajstić information content (AvgIpc) is 3.14. The van der Waals surface area contributed by atoms with E-state index in [0.717, 1.165) is 12.8 Å². The number of hydrogen-bond acceptors (Lipinski definition) is 2. The Labute approximate surface area is 111 Å². The van der Waals surface area contributed by atoms with Crippen molar-refractivity contribution in [2.45, 2.75) is 25.8 Å². The van der Waals surface area contributed by atoms with Gasteiger partial charge in [-0.3, -0.25) is 4.79 Å². The predicted octanol–water partition coefficient (Wildman–Crippen LogP) is 1.70. The van der Waals surface area contributed by atoms with Crippen molar-refractivity contribution in [3.05, 3.63) is 35.1 Å². The van der Waals surface area contributed by atoms with Crippen LogP contribution >= 0.6 is 0 Å². The predicted molar refractivity (Wildman–Crippen MR) is 70.0 cm³/mol. The van der Waals surface area contributed by atoms with Crippen molar-refractivity contribution < 1.29 is 14.3 Å². The summed E-state index contributed by atoms with van der Waals surface area (Å²) in [5.74, 6) is 4.91. The molecule has 0 bridgehead atoms. The summed E-state index contributed by atoms with van der Waals surface area (Å²) in [6.07, 6.45) is 2.05. The molecule has 19 heavy (non-hydrogen) atoms. The molecular formula is C15H16FNO2. The van der Waals surface area contributed by atoms with Crippen LogP contribution in [-0.2, 0) is 0 Å². The van der Waals surface area contributed by atoms with Crippen molar-refractivity contribution in [3.8, 4) is 11.8 Å². The Kier molecular flexibility index (Phi) is 4.18. The minimum atomic E-state index is -0.448. The summed E-state index contributed by atoms with van der Waals surface area (Å²) in [5.41, 5.74) is 0.657. The molecule has 1 aliphatic carbocycles. The van der Waals surface area contributed by atoms with Crippen molar-refractivity contribution in [2.75, 3.05) is 6.61 Å². The zero-order valence-electron chi connectivity index (χ0n) is 10.7. The fourth-order valence-electron chi connectivity index (χ4n) is 2.07. The highest BCUT2D eigenvalue weighted by Gasteiger charge is 2.36. The third-order valence-electron chi connectivity index (χ3n) is 3.29. The lowest BCUT2D eigenvalue weighted by molar-refractivity contribution is 0.0948. The summed E-state index contributed by atoms with van der Waals surface area (Å²) < 4.78 is 13.2. The molecule has 1 aromatic carbocycles. The number of nitrogens with one attached hydrogen (secondary N) is 1. The maximum Gasteiger partial charge on any atom is 0.252 e. The summed E-state index contributed by atoms with van der Waals surface area (Å²) >= 11 is 0. The van der Waals surface area contributed by atoms with E-state index in [9.17, 15) is 9.18 Å². The van der Waals surface area contributed by atoms with Gasteiger partial charge in [0.05, 0.1) is 5.56 Å². The van der Waals surface area contributed by atoms with Crippen LogP contribution in [0.5, 0.6) is 0 Å². The number of aliphatic hydroxyl groups excluding tert-OH is 1. The fraction of sp³-hybridized carbons (Fsp3) is 0.400. The van der Waals surface area contributed by atoms with E-state index >= 15 is 0 Å². The van der Waals surface area contributed by atoms with Crippen LogP contribution in [0.4, 0.5) is 4.39 Å². The van der Waals surface area contributed by atoms with Crippen molar-refractivity contribution in [2.24, 2.45) is 5.92 Å². The van der Waals surface area contributed by atoms with E-state index < -0.39 is 5.82 Å². The lowest BCUT2D eigenvalue weighted by Crippen LogP contribution is -2.27. The van der Waals surface area contributed by atoms with Crippen LogP contribution in [0.2, 0.25) is 0 Å². The molecule has 1 fully saturated rings. The molecule has 0 spiro atoms. The Bertz CT molecular complexity index is 545. The molecular weight excluding hydrogens is 245 g/mol. The van der Waals surface area contributed by atoms with Gasteiger partial charge in [-0.1, -0.05) is 25.2 Å². The molecule has 3 nitrogen and oxygen atoms in total. The number of carbonyl (C=O) groups is 1. The van der Waals surface area contributed by atoms with Gasteiger partial charge in [0.15, 0.2) is 0 Å². The Morgan fingerprint density at radius 1 is 1.58 bits per heavy atom. The maximum atomic E-state index is 13.2. The highest BCUT2D eigenvalue weighted by Crippen LogP contribution is 2.33. The van der Waals surface area contributed by atoms with Crippen LogP contribution in [0.3, 0.4) is 0 Å². The molecule has 1 aliphatic rings. The number of amides is 1. The summed E-state index contributed by atoms with van der Waals surface area (Å²) in [6, 6.07) is 4.10. The van der Waals surface area contributed by atoms with Crippen molar-refractivity contribution in [1.82, 2.24) is 5.32 Å². The lowest BCUT2D eigenvalue weighted by atomic mass is 10.1. The van der Waals surface area contributed by atoms with Crippen molar-refractivity contribution in [3.63, 3.8) is 0 Å². The van der Waals surface area contributed by atoms with Crippen LogP contribution in [0.25, 0.3) is 0 Å². The molecule has 0 saturated heterocycles. The molecule has 1 aromatic rings. The molecule has 0 radical (unpaired) electrons. The van der Waals surface area contributed by atoms with Crippen LogP contribution in [-0.4, -0.2) is 23.7 Å². The number of hydrogen-bond donors (Lipinski definition) is 2. The number of benzene rings is 1. The van der Waals surface area contributed by atoms with Crippen LogP contribution < -0.4 is 5.32 Å². The van der Waals surface area contributed by atoms with E-state index in [1.54, 1.807) is 0 Å². The van der Waals surface area contributed by atoms with Gasteiger partial charge in [-0.15, -0.1) is 0 Å². The first-order valence-corrected chi connectivity index (χ1v) is 6.35. The molecule has 2 unspecified atom stereocenters. The van der Waals surface area contributed by atoms with Crippen LogP contribution in [0.15, 0.2) is 18.2 Å². The Morgan fingerprint density at radius 2 is 2.37 bits per heavy atom. The van der Waals surface area contributed by atoms with Gasteiger partial charge in [0, 0.05) is 11.6 Å². The molecule has 1 amide bonds. The highest BCUT2D eigenvalue weighted by molar-refractivity contribution is 5.97. The first kappa shape index (κ1) is 13.6. The van der Waals surface area contributed by atoms with E-state index in [4.69, 9.17) is 5.11 Å². The standard InChI is InChI=1S/C15H16FNO2/c1-2-10-9-14(10)17-15(19)13-6-5-12(16)8-11(13)4-3-7-18/h5-6,8,10,14,18H,2,7,9H2,1H3,(H,17,19). The van der Waals surface area contributed by atoms with E-state index in [1.165, 1.54) is 18.2 Å². The van der Waals surface area contributed by atoms with Gasteiger partial charge in [-0.2, -0.15) is 0 Å². The number of halogens is 1. The van der Waals surface area contributed by atoms with Crippen LogP contribution in [0.1, 0.15) is 35.7 Å². The third-order valence-corrected chi connectivity index (χ3v) is 3.29. The van der Waals surface area contributed by atoms with Gasteiger partial charge in [0.2, 0.25) is 0 Å². The molecule has 0 aliphatic heterocycles. The van der Waals surface area contributed by atoms with Gasteiger partial charge in [-0.05, 0) is 30.5 Å². The zero-order chi connectivity index (χ0) is 13.8. The number of rotatable bonds is 3. The molecule has 100 valence electrons. The first-order chi connectivity index (χ1) is 9.15. The van der Waals surface area contributed by atoms with Gasteiger partial charge in [0.25, 0.3) is 5.91 Å². The molecule has 0 aromatic heterocycles. The highest BCUT2D eigenvalue weighted by atomic mass is 19.1. The van der Waals surface area contributed by atoms with Crippen molar-refractivity contribution in [1.29, 1.82) is 0 Å². The lowest BCUT2D eigenvalue weighted by Gasteiger charge is -2.06. The normalized spacial score (nSPS) is 20.4. The molecule has 2 rings (SSSR count). The Hall–Kier alpha value is -1.86. The monoisotopic (exact) mass is 261 g/mol. The minimum absolute atomic E-state index is 0.223. The van der Waals surface area contributed by atoms with E-state index in [2.05, 4.69) is 24.1 Å². The van der Waals surface area contributed by atoms with Crippen LogP contribution in [0, 0.1) is 23.6 Å². The molecule has 1 saturated carbocycles. The van der Waals surface area contributed by atoms with Gasteiger partial charge in [0.1, 0.15) is 12.4 Å². The minimum Gasteiger partial charge on any atom is -0.384 e.